The second-order valence-corrected chi connectivity index (χ2v) is 8.09. The maximum absolute atomic E-state index is 12.2. The Bertz CT molecular complexity index is 630. The highest BCUT2D eigenvalue weighted by Crippen LogP contribution is 2.58. The number of nitrogens with one attached hydrogen (secondary N) is 2. The van der Waals surface area contributed by atoms with Crippen LogP contribution in [0.3, 0.4) is 0 Å². The van der Waals surface area contributed by atoms with E-state index >= 15 is 0 Å². The first-order valence-electron chi connectivity index (χ1n) is 9.80. The molecule has 0 heterocycles. The van der Waals surface area contributed by atoms with Gasteiger partial charge in [-0.3, -0.25) is 9.59 Å². The molecule has 0 aromatic heterocycles. The lowest BCUT2D eigenvalue weighted by Gasteiger charge is -2.32. The van der Waals surface area contributed by atoms with E-state index in [0.717, 1.165) is 23.3 Å². The lowest BCUT2D eigenvalue weighted by molar-refractivity contribution is -0.122. The van der Waals surface area contributed by atoms with Crippen LogP contribution in [0, 0.1) is 23.7 Å². The van der Waals surface area contributed by atoms with Crippen LogP contribution < -0.4 is 10.6 Å². The second-order valence-electron chi connectivity index (χ2n) is 8.09. The molecule has 0 aliphatic heterocycles. The summed E-state index contributed by atoms with van der Waals surface area (Å²) in [7, 11) is 0. The first-order valence-corrected chi connectivity index (χ1v) is 9.80. The topological polar surface area (TPSA) is 58.2 Å². The number of hydrogen-bond donors (Lipinski definition) is 2. The molecule has 3 fully saturated rings. The highest BCUT2D eigenvalue weighted by Gasteiger charge is 2.53. The average molecular weight is 340 g/mol. The van der Waals surface area contributed by atoms with Crippen LogP contribution in [0.4, 0.5) is 0 Å². The van der Waals surface area contributed by atoms with Crippen molar-refractivity contribution in [2.75, 3.05) is 6.54 Å². The zero-order chi connectivity index (χ0) is 17.2. The molecule has 5 unspecified atom stereocenters. The summed E-state index contributed by atoms with van der Waals surface area (Å²) in [4.78, 5) is 24.2. The zero-order valence-electron chi connectivity index (χ0n) is 14.7. The molecule has 3 saturated carbocycles. The molecule has 1 aromatic rings. The molecule has 0 radical (unpaired) electrons. The van der Waals surface area contributed by atoms with Gasteiger partial charge in [-0.2, -0.15) is 0 Å². The fourth-order valence-corrected chi connectivity index (χ4v) is 5.67. The first kappa shape index (κ1) is 16.6. The maximum Gasteiger partial charge on any atom is 0.224 e. The largest absolute Gasteiger partial charge is 0.355 e. The smallest absolute Gasteiger partial charge is 0.224 e. The van der Waals surface area contributed by atoms with Crippen LogP contribution in [0.1, 0.15) is 44.1 Å². The maximum atomic E-state index is 12.2. The molecule has 3 aliphatic carbocycles. The highest BCUT2D eigenvalue weighted by atomic mass is 16.2. The lowest BCUT2D eigenvalue weighted by atomic mass is 9.79. The van der Waals surface area contributed by atoms with Gasteiger partial charge in [-0.15, -0.1) is 0 Å². The van der Waals surface area contributed by atoms with Crippen LogP contribution in [0.2, 0.25) is 0 Å². The predicted octanol–water partition coefficient (Wildman–Crippen LogP) is 2.68. The van der Waals surface area contributed by atoms with Crippen LogP contribution >= 0.6 is 0 Å². The minimum atomic E-state index is -0.0206. The summed E-state index contributed by atoms with van der Waals surface area (Å²) in [5.41, 5.74) is 0.998. The Morgan fingerprint density at radius 2 is 1.76 bits per heavy atom. The number of benzene rings is 1. The van der Waals surface area contributed by atoms with Crippen molar-refractivity contribution in [3.63, 3.8) is 0 Å². The van der Waals surface area contributed by atoms with Crippen molar-refractivity contribution in [3.8, 4) is 0 Å². The third-order valence-electron chi connectivity index (χ3n) is 6.66. The number of rotatable bonds is 6. The molecule has 1 aromatic carbocycles. The molecule has 2 bridgehead atoms. The SMILES string of the molecule is O=C(Cc1ccccc1)NCCC(=O)NC1CC2CC1C1CCCC21. The van der Waals surface area contributed by atoms with Gasteiger partial charge in [-0.25, -0.2) is 0 Å². The van der Waals surface area contributed by atoms with E-state index in [1.165, 1.54) is 32.1 Å². The van der Waals surface area contributed by atoms with Crippen LogP contribution in [0.25, 0.3) is 0 Å². The monoisotopic (exact) mass is 340 g/mol. The fraction of sp³-hybridized carbons (Fsp3) is 0.619. The standard InChI is InChI=1S/C21H28N2O2/c24-20(9-10-22-21(25)11-14-5-2-1-3-6-14)23-19-13-15-12-18(19)17-8-4-7-16(15)17/h1-3,5-6,15-19H,4,7-13H2,(H,22,25)(H,23,24). The van der Waals surface area contributed by atoms with Gasteiger partial charge in [-0.1, -0.05) is 36.8 Å². The summed E-state index contributed by atoms with van der Waals surface area (Å²) in [6.07, 6.45) is 7.43. The van der Waals surface area contributed by atoms with E-state index in [0.29, 0.717) is 31.3 Å². The van der Waals surface area contributed by atoms with Gasteiger partial charge in [0, 0.05) is 19.0 Å². The van der Waals surface area contributed by atoms with Crippen LogP contribution in [0.15, 0.2) is 30.3 Å². The first-order chi connectivity index (χ1) is 12.2. The normalized spacial score (nSPS) is 32.4. The Labute approximate surface area is 149 Å². The zero-order valence-corrected chi connectivity index (χ0v) is 14.7. The quantitative estimate of drug-likeness (QED) is 0.836. The predicted molar refractivity (Wildman–Crippen MR) is 96.7 cm³/mol. The Hall–Kier alpha value is -1.84. The van der Waals surface area contributed by atoms with Gasteiger partial charge in [-0.05, 0) is 54.9 Å². The van der Waals surface area contributed by atoms with Gasteiger partial charge in [0.1, 0.15) is 0 Å². The molecular formula is C21H28N2O2. The molecule has 0 spiro atoms. The van der Waals surface area contributed by atoms with Crippen molar-refractivity contribution >= 4 is 11.8 Å². The van der Waals surface area contributed by atoms with Crippen molar-refractivity contribution in [3.05, 3.63) is 35.9 Å². The minimum absolute atomic E-state index is 0.0206. The van der Waals surface area contributed by atoms with Gasteiger partial charge in [0.25, 0.3) is 0 Å². The van der Waals surface area contributed by atoms with Gasteiger partial charge in [0.05, 0.1) is 6.42 Å². The number of hydrogen-bond acceptors (Lipinski definition) is 2. The van der Waals surface area contributed by atoms with Crippen molar-refractivity contribution in [1.29, 1.82) is 0 Å². The second kappa shape index (κ2) is 7.19. The Kier molecular flexibility index (Phi) is 4.78. The summed E-state index contributed by atoms with van der Waals surface area (Å²) in [5.74, 6) is 3.47. The van der Waals surface area contributed by atoms with E-state index < -0.39 is 0 Å². The summed E-state index contributed by atoms with van der Waals surface area (Å²) >= 11 is 0. The molecular weight excluding hydrogens is 312 g/mol. The molecule has 4 heteroatoms. The number of fused-ring (bicyclic) bond motifs is 5. The van der Waals surface area contributed by atoms with Crippen molar-refractivity contribution in [2.24, 2.45) is 23.7 Å². The molecule has 3 aliphatic rings. The van der Waals surface area contributed by atoms with Crippen LogP contribution in [-0.4, -0.2) is 24.4 Å². The van der Waals surface area contributed by atoms with Crippen LogP contribution in [0.5, 0.6) is 0 Å². The van der Waals surface area contributed by atoms with E-state index in [1.807, 2.05) is 30.3 Å². The van der Waals surface area contributed by atoms with Gasteiger partial charge < -0.3 is 10.6 Å². The fourth-order valence-electron chi connectivity index (χ4n) is 5.67. The minimum Gasteiger partial charge on any atom is -0.355 e. The Balaban J connectivity index is 1.17. The molecule has 25 heavy (non-hydrogen) atoms. The Morgan fingerprint density at radius 1 is 0.960 bits per heavy atom. The summed E-state index contributed by atoms with van der Waals surface area (Å²) in [6.45, 7) is 0.421. The van der Waals surface area contributed by atoms with Crippen molar-refractivity contribution < 1.29 is 9.59 Å². The summed E-state index contributed by atoms with van der Waals surface area (Å²) in [6, 6.07) is 10.1. The lowest BCUT2D eigenvalue weighted by Crippen LogP contribution is -2.43. The third-order valence-corrected chi connectivity index (χ3v) is 6.66. The molecule has 2 N–H and O–H groups in total. The van der Waals surface area contributed by atoms with Crippen molar-refractivity contribution in [2.45, 2.75) is 51.0 Å². The van der Waals surface area contributed by atoms with Crippen LogP contribution in [-0.2, 0) is 16.0 Å². The van der Waals surface area contributed by atoms with Gasteiger partial charge in [0.2, 0.25) is 11.8 Å². The summed E-state index contributed by atoms with van der Waals surface area (Å²) < 4.78 is 0. The molecule has 4 nitrogen and oxygen atoms in total. The highest BCUT2D eigenvalue weighted by molar-refractivity contribution is 5.80. The summed E-state index contributed by atoms with van der Waals surface area (Å²) in [5, 5.41) is 6.11. The van der Waals surface area contributed by atoms with E-state index in [9.17, 15) is 9.59 Å². The average Bonchev–Trinajstić information content (AvgIpc) is 3.28. The van der Waals surface area contributed by atoms with Gasteiger partial charge in [0.15, 0.2) is 0 Å². The molecule has 0 saturated heterocycles. The molecule has 4 rings (SSSR count). The van der Waals surface area contributed by atoms with E-state index in [2.05, 4.69) is 10.6 Å². The van der Waals surface area contributed by atoms with Gasteiger partial charge >= 0.3 is 0 Å². The molecule has 2 amide bonds. The number of amides is 2. The van der Waals surface area contributed by atoms with E-state index in [4.69, 9.17) is 0 Å². The Morgan fingerprint density at radius 3 is 2.60 bits per heavy atom. The molecule has 5 atom stereocenters. The molecule has 134 valence electrons. The van der Waals surface area contributed by atoms with E-state index in [-0.39, 0.29) is 11.8 Å². The number of carbonyl (C=O) groups excluding carboxylic acids is 2. The van der Waals surface area contributed by atoms with Crippen molar-refractivity contribution in [1.82, 2.24) is 10.6 Å². The van der Waals surface area contributed by atoms with E-state index in [1.54, 1.807) is 0 Å². The third kappa shape index (κ3) is 3.58. The number of carbonyl (C=O) groups is 2.